The minimum absolute atomic E-state index is 0.197. The molecule has 4 heterocycles. The van der Waals surface area contributed by atoms with Gasteiger partial charge >= 0.3 is 11.8 Å². The molecule has 44 heavy (non-hydrogen) atoms. The van der Waals surface area contributed by atoms with Crippen LogP contribution in [-0.4, -0.2) is 83.2 Å². The van der Waals surface area contributed by atoms with E-state index in [-0.39, 0.29) is 12.8 Å². The van der Waals surface area contributed by atoms with Crippen molar-refractivity contribution in [2.75, 3.05) is 39.1 Å². The number of likely N-dealkylation sites (tertiary alicyclic amines) is 1. The number of carbonyl (C=O) groups is 2. The van der Waals surface area contributed by atoms with Gasteiger partial charge in [-0.2, -0.15) is 5.10 Å². The molecule has 1 fully saturated rings. The Labute approximate surface area is 264 Å². The Morgan fingerprint density at radius 2 is 1.98 bits per heavy atom. The van der Waals surface area contributed by atoms with Gasteiger partial charge in [0.2, 0.25) is 0 Å². The Morgan fingerprint density at radius 3 is 2.73 bits per heavy atom. The predicted octanol–water partition coefficient (Wildman–Crippen LogP) is 5.96. The monoisotopic (exact) mass is 635 g/mol. The summed E-state index contributed by atoms with van der Waals surface area (Å²) in [6.07, 6.45) is 6.73. The largest absolute Gasteiger partial charge is 0.360 e. The highest BCUT2D eigenvalue weighted by Crippen LogP contribution is 2.36. The Balaban J connectivity index is 1.34. The number of carbonyl (C=O) groups excluding carboxylic acids is 2. The van der Waals surface area contributed by atoms with E-state index in [0.29, 0.717) is 36.2 Å². The summed E-state index contributed by atoms with van der Waals surface area (Å²) in [5.41, 5.74) is 3.09. The van der Waals surface area contributed by atoms with Gasteiger partial charge in [-0.25, -0.2) is 9.67 Å². The molecule has 3 atom stereocenters. The molecule has 236 valence electrons. The zero-order chi connectivity index (χ0) is 31.6. The molecule has 0 bridgehead atoms. The predicted molar refractivity (Wildman–Crippen MR) is 180 cm³/mol. The van der Waals surface area contributed by atoms with E-state index in [9.17, 15) is 9.59 Å². The fourth-order valence-corrected chi connectivity index (χ4v) is 7.54. The van der Waals surface area contributed by atoms with Gasteiger partial charge in [-0.05, 0) is 56.6 Å². The number of benzene rings is 1. The third-order valence-electron chi connectivity index (χ3n) is 8.14. The van der Waals surface area contributed by atoms with Crippen molar-refractivity contribution >= 4 is 58.0 Å². The molecule has 1 saturated heterocycles. The first-order valence-electron chi connectivity index (χ1n) is 15.4. The maximum atomic E-state index is 13.8. The SMILES string of the molecule is CC(CN(C)C)c1nc2cc([C@H]3CC[C@H](C)CN3C(=O)C(=O)Nc3cncc4cnn(COCC[Si](C)(C)C)c34)ccc2s1. The fraction of sp³-hybridized carbons (Fsp3) is 0.531. The molecule has 1 aliphatic rings. The van der Waals surface area contributed by atoms with Crippen molar-refractivity contribution < 1.29 is 14.3 Å². The van der Waals surface area contributed by atoms with Gasteiger partial charge in [0.15, 0.2) is 0 Å². The van der Waals surface area contributed by atoms with Gasteiger partial charge in [-0.3, -0.25) is 14.6 Å². The average Bonchev–Trinajstić information content (AvgIpc) is 3.58. The number of anilines is 1. The number of aromatic nitrogens is 4. The van der Waals surface area contributed by atoms with E-state index in [1.165, 1.54) is 0 Å². The van der Waals surface area contributed by atoms with Crippen molar-refractivity contribution in [2.45, 2.75) is 71.1 Å². The second kappa shape index (κ2) is 13.4. The highest BCUT2D eigenvalue weighted by Gasteiger charge is 2.35. The number of fused-ring (bicyclic) bond motifs is 2. The van der Waals surface area contributed by atoms with Gasteiger partial charge in [0.25, 0.3) is 0 Å². The quantitative estimate of drug-likeness (QED) is 0.130. The van der Waals surface area contributed by atoms with Gasteiger partial charge in [0.05, 0.1) is 44.9 Å². The molecular formula is C32H45N7O3SSi. The van der Waals surface area contributed by atoms with Crippen molar-refractivity contribution in [2.24, 2.45) is 5.92 Å². The lowest BCUT2D eigenvalue weighted by Crippen LogP contribution is -2.46. The van der Waals surface area contributed by atoms with Crippen LogP contribution in [0.25, 0.3) is 21.1 Å². The molecule has 0 aliphatic carbocycles. The van der Waals surface area contributed by atoms with E-state index in [1.807, 2.05) is 0 Å². The van der Waals surface area contributed by atoms with Crippen LogP contribution in [0.1, 0.15) is 49.2 Å². The Bertz CT molecular complexity index is 1630. The average molecular weight is 636 g/mol. The zero-order valence-corrected chi connectivity index (χ0v) is 28.8. The first-order valence-corrected chi connectivity index (χ1v) is 20.0. The summed E-state index contributed by atoms with van der Waals surface area (Å²) in [7, 11) is 2.93. The number of ether oxygens (including phenoxy) is 1. The molecule has 0 radical (unpaired) electrons. The minimum atomic E-state index is -1.22. The van der Waals surface area contributed by atoms with E-state index in [4.69, 9.17) is 9.72 Å². The number of likely N-dealkylation sites (N-methyl/N-ethyl adjacent to an activating group) is 1. The van der Waals surface area contributed by atoms with E-state index in [2.05, 4.69) is 86.1 Å². The van der Waals surface area contributed by atoms with Crippen molar-refractivity contribution in [1.29, 1.82) is 0 Å². The second-order valence-corrected chi connectivity index (χ2v) is 20.4. The molecule has 0 spiro atoms. The van der Waals surface area contributed by atoms with Crippen LogP contribution in [0.4, 0.5) is 5.69 Å². The number of piperidine rings is 1. The molecule has 1 unspecified atom stereocenters. The van der Waals surface area contributed by atoms with E-state index >= 15 is 0 Å². The molecule has 1 aromatic carbocycles. The molecule has 4 aromatic rings. The first-order chi connectivity index (χ1) is 20.9. The second-order valence-electron chi connectivity index (χ2n) is 13.7. The lowest BCUT2D eigenvalue weighted by Gasteiger charge is -2.38. The topological polar surface area (TPSA) is 105 Å². The Hall–Kier alpha value is -3.19. The standard InChI is InChI=1S/C32H45N7O3SSi/c1-21-8-10-27(23-9-11-28-25(14-23)36-31(43-28)22(2)19-37(3)4)38(18-21)32(41)30(40)35-26-17-33-15-24-16-34-39(29(24)26)20-42-12-13-44(5,6)7/h9,11,14-17,21-22,27H,8,10,12-13,18-20H2,1-7H3,(H,35,40)/t21-,22?,27+/m0/s1. The van der Waals surface area contributed by atoms with Crippen LogP contribution >= 0.6 is 11.3 Å². The van der Waals surface area contributed by atoms with Gasteiger partial charge in [0.1, 0.15) is 6.73 Å². The summed E-state index contributed by atoms with van der Waals surface area (Å²) in [5.74, 6) is -0.602. The number of hydrogen-bond acceptors (Lipinski definition) is 8. The van der Waals surface area contributed by atoms with Crippen molar-refractivity contribution in [1.82, 2.24) is 29.5 Å². The normalized spacial score (nSPS) is 18.3. The van der Waals surface area contributed by atoms with Gasteiger partial charge in [-0.1, -0.05) is 39.6 Å². The number of thiazole rings is 1. The minimum Gasteiger partial charge on any atom is -0.360 e. The molecule has 2 amide bonds. The van der Waals surface area contributed by atoms with Crippen LogP contribution in [0.3, 0.4) is 0 Å². The van der Waals surface area contributed by atoms with Gasteiger partial charge in [0, 0.05) is 45.3 Å². The number of nitrogens with one attached hydrogen (secondary N) is 1. The number of amides is 2. The van der Waals surface area contributed by atoms with Crippen LogP contribution in [0.15, 0.2) is 36.8 Å². The number of rotatable bonds is 10. The van der Waals surface area contributed by atoms with Crippen molar-refractivity contribution in [3.63, 3.8) is 0 Å². The smallest absolute Gasteiger partial charge is 0.314 e. The summed E-state index contributed by atoms with van der Waals surface area (Å²) >= 11 is 1.72. The molecule has 1 aliphatic heterocycles. The summed E-state index contributed by atoms with van der Waals surface area (Å²) in [6.45, 7) is 13.6. The third kappa shape index (κ3) is 7.53. The summed E-state index contributed by atoms with van der Waals surface area (Å²) in [6, 6.07) is 7.15. The lowest BCUT2D eigenvalue weighted by atomic mass is 9.89. The molecule has 12 heteroatoms. The maximum absolute atomic E-state index is 13.8. The number of pyridine rings is 1. The first kappa shape index (κ1) is 32.2. The van der Waals surface area contributed by atoms with Crippen LogP contribution in [-0.2, 0) is 21.1 Å². The Morgan fingerprint density at radius 1 is 1.18 bits per heavy atom. The van der Waals surface area contributed by atoms with Crippen molar-refractivity contribution in [3.05, 3.63) is 47.4 Å². The molecular weight excluding hydrogens is 591 g/mol. The molecule has 5 rings (SSSR count). The molecule has 1 N–H and O–H groups in total. The number of hydrogen-bond donors (Lipinski definition) is 1. The molecule has 0 saturated carbocycles. The Kier molecular flexibility index (Phi) is 9.83. The lowest BCUT2D eigenvalue weighted by molar-refractivity contribution is -0.146. The van der Waals surface area contributed by atoms with E-state index in [0.717, 1.165) is 51.6 Å². The zero-order valence-electron chi connectivity index (χ0n) is 27.0. The fourth-order valence-electron chi connectivity index (χ4n) is 5.80. The van der Waals surface area contributed by atoms with Gasteiger partial charge < -0.3 is 19.9 Å². The van der Waals surface area contributed by atoms with E-state index in [1.54, 1.807) is 39.5 Å². The maximum Gasteiger partial charge on any atom is 0.314 e. The highest BCUT2D eigenvalue weighted by atomic mass is 32.1. The van der Waals surface area contributed by atoms with Crippen LogP contribution in [0.5, 0.6) is 0 Å². The number of nitrogens with zero attached hydrogens (tertiary/aromatic N) is 6. The van der Waals surface area contributed by atoms with Crippen LogP contribution in [0, 0.1) is 5.92 Å². The van der Waals surface area contributed by atoms with Gasteiger partial charge in [-0.15, -0.1) is 11.3 Å². The van der Waals surface area contributed by atoms with E-state index < -0.39 is 19.9 Å². The van der Waals surface area contributed by atoms with Crippen LogP contribution < -0.4 is 5.32 Å². The highest BCUT2D eigenvalue weighted by molar-refractivity contribution is 7.18. The summed E-state index contributed by atoms with van der Waals surface area (Å²) in [4.78, 5) is 40.4. The molecule has 10 nitrogen and oxygen atoms in total. The molecule has 3 aromatic heterocycles. The third-order valence-corrected chi connectivity index (χ3v) is 11.1. The summed E-state index contributed by atoms with van der Waals surface area (Å²) in [5, 5.41) is 9.19. The summed E-state index contributed by atoms with van der Waals surface area (Å²) < 4.78 is 8.77. The van der Waals surface area contributed by atoms with Crippen LogP contribution in [0.2, 0.25) is 25.7 Å². The van der Waals surface area contributed by atoms with Crippen molar-refractivity contribution in [3.8, 4) is 0 Å².